The summed E-state index contributed by atoms with van der Waals surface area (Å²) in [6.07, 6.45) is 12.6. The van der Waals surface area contributed by atoms with E-state index in [1.165, 1.54) is 45.2 Å². The van der Waals surface area contributed by atoms with Crippen LogP contribution in [0.1, 0.15) is 50.5 Å². The van der Waals surface area contributed by atoms with Gasteiger partial charge in [0.1, 0.15) is 12.4 Å². The first-order valence-corrected chi connectivity index (χ1v) is 13.7. The zero-order chi connectivity index (χ0) is 25.3. The van der Waals surface area contributed by atoms with Crippen LogP contribution in [-0.4, -0.2) is 49.3 Å². The minimum atomic E-state index is 0.257. The molecule has 37 heavy (non-hydrogen) atoms. The lowest BCUT2D eigenvalue weighted by Crippen LogP contribution is -2.33. The van der Waals surface area contributed by atoms with Gasteiger partial charge in [0, 0.05) is 49.0 Å². The molecule has 1 saturated carbocycles. The van der Waals surface area contributed by atoms with Crippen LogP contribution in [0.4, 0.5) is 11.4 Å². The van der Waals surface area contributed by atoms with Crippen LogP contribution < -0.4 is 19.1 Å². The van der Waals surface area contributed by atoms with Crippen molar-refractivity contribution in [1.29, 1.82) is 0 Å². The highest BCUT2D eigenvalue weighted by atomic mass is 16.5. The lowest BCUT2D eigenvalue weighted by molar-refractivity contribution is 0.183. The molecule has 1 saturated heterocycles. The average molecular weight is 502 g/mol. The minimum Gasteiger partial charge on any atom is -0.493 e. The van der Waals surface area contributed by atoms with Crippen LogP contribution in [0.5, 0.6) is 17.2 Å². The maximum absolute atomic E-state index is 6.42. The molecule has 1 aliphatic heterocycles. The molecule has 0 atom stereocenters. The van der Waals surface area contributed by atoms with Gasteiger partial charge in [0.05, 0.1) is 13.2 Å². The number of likely N-dealkylation sites (tertiary alicyclic amines) is 1. The molecular weight excluding hydrogens is 462 g/mol. The predicted molar refractivity (Wildman–Crippen MR) is 148 cm³/mol. The third-order valence-corrected chi connectivity index (χ3v) is 7.37. The van der Waals surface area contributed by atoms with Crippen LogP contribution in [0.15, 0.2) is 67.0 Å². The van der Waals surface area contributed by atoms with E-state index < -0.39 is 0 Å². The number of rotatable bonds is 11. The largest absolute Gasteiger partial charge is 0.493 e. The van der Waals surface area contributed by atoms with Crippen molar-refractivity contribution in [2.75, 3.05) is 38.3 Å². The Bertz CT molecular complexity index is 1110. The molecule has 2 aromatic carbocycles. The molecule has 0 N–H and O–H groups in total. The zero-order valence-corrected chi connectivity index (χ0v) is 22.0. The summed E-state index contributed by atoms with van der Waals surface area (Å²) in [6.45, 7) is 4.73. The number of methoxy groups -OCH3 is 1. The summed E-state index contributed by atoms with van der Waals surface area (Å²) in [4.78, 5) is 9.13. The first kappa shape index (κ1) is 25.4. The van der Waals surface area contributed by atoms with Crippen molar-refractivity contribution < 1.29 is 14.2 Å². The van der Waals surface area contributed by atoms with E-state index in [9.17, 15) is 0 Å². The maximum Gasteiger partial charge on any atom is 0.163 e. The van der Waals surface area contributed by atoms with Crippen molar-refractivity contribution in [1.82, 2.24) is 9.88 Å². The van der Waals surface area contributed by atoms with Crippen molar-refractivity contribution in [2.24, 2.45) is 0 Å². The van der Waals surface area contributed by atoms with Gasteiger partial charge in [0.25, 0.3) is 0 Å². The molecule has 2 aliphatic rings. The van der Waals surface area contributed by atoms with Gasteiger partial charge >= 0.3 is 0 Å². The van der Waals surface area contributed by atoms with Gasteiger partial charge in [0.2, 0.25) is 0 Å². The average Bonchev–Trinajstić information content (AvgIpc) is 3.46. The van der Waals surface area contributed by atoms with Gasteiger partial charge < -0.3 is 19.1 Å². The molecule has 0 spiro atoms. The van der Waals surface area contributed by atoms with Crippen molar-refractivity contribution in [3.05, 3.63) is 72.6 Å². The number of hydrogen-bond donors (Lipinski definition) is 0. The van der Waals surface area contributed by atoms with Gasteiger partial charge in [-0.05, 0) is 87.5 Å². The molecule has 6 nitrogen and oxygen atoms in total. The molecule has 1 aromatic heterocycles. The fraction of sp³-hybridized carbons (Fsp3) is 0.452. The zero-order valence-electron chi connectivity index (χ0n) is 22.0. The highest BCUT2D eigenvalue weighted by Gasteiger charge is 2.20. The smallest absolute Gasteiger partial charge is 0.163 e. The second-order valence-electron chi connectivity index (χ2n) is 10.1. The molecule has 5 rings (SSSR count). The van der Waals surface area contributed by atoms with E-state index in [0.717, 1.165) is 53.6 Å². The maximum atomic E-state index is 6.42. The van der Waals surface area contributed by atoms with Gasteiger partial charge in [-0.25, -0.2) is 0 Å². The predicted octanol–water partition coefficient (Wildman–Crippen LogP) is 6.61. The van der Waals surface area contributed by atoms with E-state index in [1.54, 1.807) is 7.11 Å². The van der Waals surface area contributed by atoms with Gasteiger partial charge in [0.15, 0.2) is 11.5 Å². The van der Waals surface area contributed by atoms with Crippen molar-refractivity contribution >= 4 is 11.4 Å². The second kappa shape index (κ2) is 12.8. The van der Waals surface area contributed by atoms with Crippen LogP contribution in [0.25, 0.3) is 0 Å². The lowest BCUT2D eigenvalue weighted by atomic mass is 10.1. The normalized spacial score (nSPS) is 16.5. The molecule has 2 heterocycles. The first-order chi connectivity index (χ1) is 18.3. The summed E-state index contributed by atoms with van der Waals surface area (Å²) in [5.41, 5.74) is 3.24. The highest BCUT2D eigenvalue weighted by molar-refractivity contribution is 5.67. The fourth-order valence-corrected chi connectivity index (χ4v) is 5.33. The van der Waals surface area contributed by atoms with E-state index in [2.05, 4.69) is 51.2 Å². The molecule has 0 bridgehead atoms. The number of pyridine rings is 1. The first-order valence-electron chi connectivity index (χ1n) is 13.7. The second-order valence-corrected chi connectivity index (χ2v) is 10.1. The van der Waals surface area contributed by atoms with Crippen LogP contribution >= 0.6 is 0 Å². The van der Waals surface area contributed by atoms with Crippen molar-refractivity contribution in [3.63, 3.8) is 0 Å². The Morgan fingerprint density at radius 2 is 1.73 bits per heavy atom. The Hall–Kier alpha value is -3.25. The number of hydrogen-bond acceptors (Lipinski definition) is 6. The van der Waals surface area contributed by atoms with E-state index in [4.69, 9.17) is 14.2 Å². The summed E-state index contributed by atoms with van der Waals surface area (Å²) in [5, 5.41) is 0. The van der Waals surface area contributed by atoms with Gasteiger partial charge in [-0.15, -0.1) is 0 Å². The van der Waals surface area contributed by atoms with E-state index >= 15 is 0 Å². The molecule has 196 valence electrons. The summed E-state index contributed by atoms with van der Waals surface area (Å²) in [6, 6.07) is 18.7. The molecule has 2 fully saturated rings. The van der Waals surface area contributed by atoms with Crippen LogP contribution in [0.3, 0.4) is 0 Å². The van der Waals surface area contributed by atoms with Gasteiger partial charge in [-0.3, -0.25) is 9.88 Å². The quantitative estimate of drug-likeness (QED) is 0.294. The highest BCUT2D eigenvalue weighted by Crippen LogP contribution is 2.38. The third-order valence-electron chi connectivity index (χ3n) is 7.37. The van der Waals surface area contributed by atoms with Crippen LogP contribution in [-0.2, 0) is 6.54 Å². The number of nitrogens with zero attached hydrogens (tertiary/aromatic N) is 3. The Morgan fingerprint density at radius 1 is 0.892 bits per heavy atom. The number of anilines is 2. The molecule has 1 aliphatic carbocycles. The number of ether oxygens (including phenoxy) is 3. The standard InChI is InChI=1S/C31H39N3O3/c1-35-30-15-14-27(22-31(30)37-28-11-3-4-12-28)34(24-25-9-8-16-32-23-25)26-10-7-13-29(21-26)36-20-19-33-17-5-2-6-18-33/h7-10,13-16,21-23,28H,2-6,11-12,17-20,24H2,1H3. The topological polar surface area (TPSA) is 47.1 Å². The van der Waals surface area contributed by atoms with Crippen molar-refractivity contribution in [3.8, 4) is 17.2 Å². The Kier molecular flexibility index (Phi) is 8.80. The van der Waals surface area contributed by atoms with E-state index in [-0.39, 0.29) is 6.10 Å². The number of aromatic nitrogens is 1. The van der Waals surface area contributed by atoms with Gasteiger partial charge in [-0.2, -0.15) is 0 Å². The van der Waals surface area contributed by atoms with Crippen molar-refractivity contribution in [2.45, 2.75) is 57.6 Å². The Morgan fingerprint density at radius 3 is 2.51 bits per heavy atom. The lowest BCUT2D eigenvalue weighted by Gasteiger charge is -2.27. The molecule has 6 heteroatoms. The molecule has 0 amide bonds. The molecule has 0 radical (unpaired) electrons. The monoisotopic (exact) mass is 501 g/mol. The van der Waals surface area contributed by atoms with Crippen LogP contribution in [0, 0.1) is 0 Å². The number of benzene rings is 2. The molecule has 3 aromatic rings. The van der Waals surface area contributed by atoms with Gasteiger partial charge in [-0.1, -0.05) is 18.6 Å². The number of piperidine rings is 1. The van der Waals surface area contributed by atoms with Crippen LogP contribution in [0.2, 0.25) is 0 Å². The third kappa shape index (κ3) is 6.95. The SMILES string of the molecule is COc1ccc(N(Cc2cccnc2)c2cccc(OCCN3CCCCC3)c2)cc1OC1CCCC1. The Labute approximate surface area is 221 Å². The molecule has 0 unspecified atom stereocenters. The summed E-state index contributed by atoms with van der Waals surface area (Å²) < 4.78 is 18.3. The van der Waals surface area contributed by atoms with E-state index in [1.807, 2.05) is 30.6 Å². The molecular formula is C31H39N3O3. The van der Waals surface area contributed by atoms with E-state index in [0.29, 0.717) is 13.2 Å². The summed E-state index contributed by atoms with van der Waals surface area (Å²) in [5.74, 6) is 2.46. The minimum absolute atomic E-state index is 0.257. The summed E-state index contributed by atoms with van der Waals surface area (Å²) in [7, 11) is 1.70. The fourth-order valence-electron chi connectivity index (χ4n) is 5.33. The Balaban J connectivity index is 1.38. The summed E-state index contributed by atoms with van der Waals surface area (Å²) >= 11 is 0.